The number of carbonyl (C=O) groups is 1. The van der Waals surface area contributed by atoms with Gasteiger partial charge in [-0.1, -0.05) is 18.3 Å². The van der Waals surface area contributed by atoms with Crippen LogP contribution in [0.1, 0.15) is 43.8 Å². The van der Waals surface area contributed by atoms with E-state index in [1.165, 1.54) is 11.3 Å². The monoisotopic (exact) mass is 316 g/mol. The highest BCUT2D eigenvalue weighted by Crippen LogP contribution is 2.27. The number of carbonyl (C=O) groups excluding carboxylic acids is 1. The summed E-state index contributed by atoms with van der Waals surface area (Å²) in [6, 6.07) is 0.165. The number of hydrogen-bond donors (Lipinski definition) is 3. The summed E-state index contributed by atoms with van der Waals surface area (Å²) in [6.07, 6.45) is 2.93. The van der Waals surface area contributed by atoms with E-state index >= 15 is 0 Å². The molecular formula is C13H24N4OS2. The summed E-state index contributed by atoms with van der Waals surface area (Å²) in [5.74, 6) is 1.05. The predicted molar refractivity (Wildman–Crippen MR) is 89.8 cm³/mol. The van der Waals surface area contributed by atoms with Crippen molar-refractivity contribution in [3.8, 4) is 0 Å². The molecule has 1 heterocycles. The average Bonchev–Trinajstić information content (AvgIpc) is 2.67. The number of anilines is 2. The minimum atomic E-state index is -0.136. The molecule has 1 unspecified atom stereocenters. The number of nitrogens with zero attached hydrogens (tertiary/aromatic N) is 1. The van der Waals surface area contributed by atoms with Gasteiger partial charge in [0.1, 0.15) is 10.7 Å². The van der Waals surface area contributed by atoms with Crippen molar-refractivity contribution in [2.75, 3.05) is 23.1 Å². The van der Waals surface area contributed by atoms with E-state index in [1.54, 1.807) is 11.8 Å². The van der Waals surface area contributed by atoms with Gasteiger partial charge in [0.25, 0.3) is 5.91 Å². The molecule has 20 heavy (non-hydrogen) atoms. The number of hydrogen-bond acceptors (Lipinski definition) is 6. The van der Waals surface area contributed by atoms with Crippen LogP contribution in [-0.4, -0.2) is 34.5 Å². The third-order valence-electron chi connectivity index (χ3n) is 2.54. The van der Waals surface area contributed by atoms with Crippen molar-refractivity contribution in [3.63, 3.8) is 0 Å². The number of nitrogen functional groups attached to an aromatic ring is 1. The fourth-order valence-electron chi connectivity index (χ4n) is 1.58. The highest BCUT2D eigenvalue weighted by atomic mass is 32.2. The SMILES string of the molecule is CCC(CSC)NC(=O)c1sc(NC(C)(C)C)nc1N. The highest BCUT2D eigenvalue weighted by molar-refractivity contribution is 7.98. The van der Waals surface area contributed by atoms with Crippen molar-refractivity contribution in [3.05, 3.63) is 4.88 Å². The van der Waals surface area contributed by atoms with Gasteiger partial charge in [0.2, 0.25) is 0 Å². The number of aromatic nitrogens is 1. The van der Waals surface area contributed by atoms with E-state index in [2.05, 4.69) is 22.5 Å². The van der Waals surface area contributed by atoms with E-state index in [9.17, 15) is 4.79 Å². The summed E-state index contributed by atoms with van der Waals surface area (Å²) in [5.41, 5.74) is 5.74. The molecule has 114 valence electrons. The van der Waals surface area contributed by atoms with Gasteiger partial charge in [-0.25, -0.2) is 4.98 Å². The normalized spacial score (nSPS) is 13.1. The second-order valence-electron chi connectivity index (χ2n) is 5.64. The van der Waals surface area contributed by atoms with Crippen molar-refractivity contribution >= 4 is 40.0 Å². The summed E-state index contributed by atoms with van der Waals surface area (Å²) in [4.78, 5) is 16.9. The van der Waals surface area contributed by atoms with Gasteiger partial charge in [-0.3, -0.25) is 4.79 Å². The van der Waals surface area contributed by atoms with Crippen molar-refractivity contribution in [2.45, 2.75) is 45.7 Å². The van der Waals surface area contributed by atoms with Crippen molar-refractivity contribution in [1.82, 2.24) is 10.3 Å². The van der Waals surface area contributed by atoms with Gasteiger partial charge in [-0.15, -0.1) is 0 Å². The van der Waals surface area contributed by atoms with Crippen LogP contribution in [0.15, 0.2) is 0 Å². The third kappa shape index (κ3) is 5.20. The molecule has 0 aliphatic carbocycles. The molecule has 4 N–H and O–H groups in total. The Morgan fingerprint density at radius 2 is 2.15 bits per heavy atom. The van der Waals surface area contributed by atoms with Crippen LogP contribution < -0.4 is 16.4 Å². The molecule has 0 aliphatic heterocycles. The maximum absolute atomic E-state index is 12.2. The average molecular weight is 316 g/mol. The molecule has 5 nitrogen and oxygen atoms in total. The van der Waals surface area contributed by atoms with Crippen molar-refractivity contribution < 1.29 is 4.79 Å². The fraction of sp³-hybridized carbons (Fsp3) is 0.692. The number of nitrogens with two attached hydrogens (primary N) is 1. The molecule has 0 spiro atoms. The van der Waals surface area contributed by atoms with E-state index in [0.29, 0.717) is 15.8 Å². The molecule has 0 fully saturated rings. The summed E-state index contributed by atoms with van der Waals surface area (Å²) < 4.78 is 0. The van der Waals surface area contributed by atoms with Crippen LogP contribution in [0.4, 0.5) is 10.9 Å². The predicted octanol–water partition coefficient (Wildman–Crippen LogP) is 2.81. The van der Waals surface area contributed by atoms with E-state index in [4.69, 9.17) is 5.73 Å². The second kappa shape index (κ2) is 7.17. The number of thioether (sulfide) groups is 1. The molecule has 1 rings (SSSR count). The summed E-state index contributed by atoms with van der Waals surface area (Å²) in [7, 11) is 0. The Hall–Kier alpha value is -0.950. The zero-order valence-electron chi connectivity index (χ0n) is 12.7. The van der Waals surface area contributed by atoms with Crippen LogP contribution in [0.2, 0.25) is 0 Å². The molecule has 1 amide bonds. The van der Waals surface area contributed by atoms with Crippen LogP contribution in [0, 0.1) is 0 Å². The lowest BCUT2D eigenvalue weighted by molar-refractivity contribution is 0.0945. The highest BCUT2D eigenvalue weighted by Gasteiger charge is 2.20. The first-order chi connectivity index (χ1) is 9.26. The first-order valence-corrected chi connectivity index (χ1v) is 8.82. The lowest BCUT2D eigenvalue weighted by atomic mass is 10.1. The molecule has 1 aromatic rings. The topological polar surface area (TPSA) is 80.0 Å². The zero-order chi connectivity index (χ0) is 15.3. The van der Waals surface area contributed by atoms with Gasteiger partial charge in [0.05, 0.1) is 0 Å². The Kier molecular flexibility index (Phi) is 6.13. The van der Waals surface area contributed by atoms with Crippen LogP contribution >= 0.6 is 23.1 Å². The molecule has 1 aromatic heterocycles. The number of rotatable bonds is 6. The van der Waals surface area contributed by atoms with Crippen molar-refractivity contribution in [2.24, 2.45) is 0 Å². The number of thiazole rings is 1. The van der Waals surface area contributed by atoms with E-state index < -0.39 is 0 Å². The molecule has 0 radical (unpaired) electrons. The summed E-state index contributed by atoms with van der Waals surface area (Å²) in [6.45, 7) is 8.17. The van der Waals surface area contributed by atoms with Crippen molar-refractivity contribution in [1.29, 1.82) is 0 Å². The van der Waals surface area contributed by atoms with E-state index in [-0.39, 0.29) is 17.5 Å². The quantitative estimate of drug-likeness (QED) is 0.752. The van der Waals surface area contributed by atoms with Gasteiger partial charge >= 0.3 is 0 Å². The van der Waals surface area contributed by atoms with Gasteiger partial charge < -0.3 is 16.4 Å². The Balaban J connectivity index is 2.78. The first-order valence-electron chi connectivity index (χ1n) is 6.61. The molecule has 0 aliphatic rings. The minimum absolute atomic E-state index is 0.108. The Morgan fingerprint density at radius 3 is 2.65 bits per heavy atom. The lowest BCUT2D eigenvalue weighted by Gasteiger charge is -2.19. The molecule has 1 atom stereocenters. The second-order valence-corrected chi connectivity index (χ2v) is 7.55. The standard InChI is InChI=1S/C13H24N4OS2/c1-6-8(7-19-5)15-11(18)9-10(14)16-12(20-9)17-13(2,3)4/h8H,6-7,14H2,1-5H3,(H,15,18)(H,16,17). The molecule has 0 bridgehead atoms. The molecule has 0 aromatic carbocycles. The maximum atomic E-state index is 12.2. The molecule has 0 saturated heterocycles. The Labute approximate surface area is 129 Å². The first kappa shape index (κ1) is 17.1. The largest absolute Gasteiger partial charge is 0.382 e. The van der Waals surface area contributed by atoms with Crippen LogP contribution in [0.25, 0.3) is 0 Å². The van der Waals surface area contributed by atoms with Gasteiger partial charge in [-0.2, -0.15) is 11.8 Å². The smallest absolute Gasteiger partial charge is 0.265 e. The van der Waals surface area contributed by atoms with Gasteiger partial charge in [0.15, 0.2) is 5.13 Å². The number of nitrogens with one attached hydrogen (secondary N) is 2. The van der Waals surface area contributed by atoms with Gasteiger partial charge in [0, 0.05) is 17.3 Å². The Morgan fingerprint density at radius 1 is 1.50 bits per heavy atom. The lowest BCUT2D eigenvalue weighted by Crippen LogP contribution is -2.36. The molecule has 0 saturated carbocycles. The van der Waals surface area contributed by atoms with Gasteiger partial charge in [-0.05, 0) is 33.4 Å². The molecular weight excluding hydrogens is 292 g/mol. The van der Waals surface area contributed by atoms with E-state index in [1.807, 2.05) is 27.0 Å². The maximum Gasteiger partial charge on any atom is 0.265 e. The number of amides is 1. The van der Waals surface area contributed by atoms with Crippen LogP contribution in [0.5, 0.6) is 0 Å². The summed E-state index contributed by atoms with van der Waals surface area (Å²) in [5, 5.41) is 6.92. The van der Waals surface area contributed by atoms with Crippen LogP contribution in [0.3, 0.4) is 0 Å². The fourth-order valence-corrected chi connectivity index (χ4v) is 3.30. The summed E-state index contributed by atoms with van der Waals surface area (Å²) >= 11 is 3.02. The van der Waals surface area contributed by atoms with E-state index in [0.717, 1.165) is 12.2 Å². The zero-order valence-corrected chi connectivity index (χ0v) is 14.4. The third-order valence-corrected chi connectivity index (χ3v) is 4.26. The van der Waals surface area contributed by atoms with Crippen LogP contribution in [-0.2, 0) is 0 Å². The minimum Gasteiger partial charge on any atom is -0.382 e. The Bertz CT molecular complexity index is 454. The molecule has 7 heteroatoms.